The first-order chi connectivity index (χ1) is 14.2. The minimum atomic E-state index is -0.273. The molecule has 0 spiro atoms. The zero-order valence-corrected chi connectivity index (χ0v) is 19.4. The van der Waals surface area contributed by atoms with Crippen LogP contribution in [0.25, 0.3) is 0 Å². The number of pyridine rings is 1. The number of ketones is 1. The fourth-order valence-electron chi connectivity index (χ4n) is 5.37. The normalized spacial score (nSPS) is 26.7. The predicted molar refractivity (Wildman–Crippen MR) is 120 cm³/mol. The van der Waals surface area contributed by atoms with Crippen LogP contribution in [0.1, 0.15) is 52.0 Å². The van der Waals surface area contributed by atoms with Crippen molar-refractivity contribution in [2.75, 3.05) is 5.32 Å². The van der Waals surface area contributed by atoms with Gasteiger partial charge in [-0.05, 0) is 76.1 Å². The molecule has 0 saturated heterocycles. The highest BCUT2D eigenvalue weighted by Crippen LogP contribution is 2.65. The van der Waals surface area contributed by atoms with Crippen LogP contribution in [0.3, 0.4) is 0 Å². The summed E-state index contributed by atoms with van der Waals surface area (Å²) in [5, 5.41) is 7.87. The van der Waals surface area contributed by atoms with Crippen molar-refractivity contribution in [2.24, 2.45) is 16.7 Å². The maximum absolute atomic E-state index is 12.8. The third kappa shape index (κ3) is 3.61. The second-order valence-electron chi connectivity index (χ2n) is 9.54. The summed E-state index contributed by atoms with van der Waals surface area (Å²) in [6.45, 7) is 7.09. The Morgan fingerprint density at radius 3 is 2.67 bits per heavy atom. The van der Waals surface area contributed by atoms with E-state index < -0.39 is 0 Å². The Kier molecular flexibility index (Phi) is 5.60. The second-order valence-corrected chi connectivity index (χ2v) is 10.3. The van der Waals surface area contributed by atoms with E-state index in [0.29, 0.717) is 34.7 Å². The lowest BCUT2D eigenvalue weighted by molar-refractivity contribution is -0.119. The summed E-state index contributed by atoms with van der Waals surface area (Å²) in [5.41, 5.74) is 2.00. The van der Waals surface area contributed by atoms with Crippen molar-refractivity contribution in [3.05, 3.63) is 51.1 Å². The lowest BCUT2D eigenvalue weighted by Gasteiger charge is -2.40. The van der Waals surface area contributed by atoms with E-state index in [1.54, 1.807) is 18.6 Å². The molecule has 2 aromatic heterocycles. The van der Waals surface area contributed by atoms with Crippen LogP contribution in [0.15, 0.2) is 40.0 Å². The van der Waals surface area contributed by atoms with E-state index in [4.69, 9.17) is 0 Å². The van der Waals surface area contributed by atoms with Gasteiger partial charge in [0.1, 0.15) is 11.0 Å². The van der Waals surface area contributed by atoms with Crippen molar-refractivity contribution in [1.29, 1.82) is 0 Å². The summed E-state index contributed by atoms with van der Waals surface area (Å²) in [4.78, 5) is 29.1. The van der Waals surface area contributed by atoms with E-state index >= 15 is 0 Å². The molecule has 2 heterocycles. The van der Waals surface area contributed by atoms with Crippen LogP contribution in [-0.4, -0.2) is 26.6 Å². The van der Waals surface area contributed by atoms with Gasteiger partial charge >= 0.3 is 0 Å². The molecule has 7 heteroatoms. The summed E-state index contributed by atoms with van der Waals surface area (Å²) in [5.74, 6) is 0.696. The maximum Gasteiger partial charge on any atom is 0.283 e. The minimum Gasteiger partial charge on any atom is -0.379 e. The first-order valence-electron chi connectivity index (χ1n) is 10.6. The van der Waals surface area contributed by atoms with Crippen LogP contribution in [-0.2, 0) is 17.8 Å². The van der Waals surface area contributed by atoms with Crippen LogP contribution in [0.4, 0.5) is 5.69 Å². The van der Waals surface area contributed by atoms with Gasteiger partial charge < -0.3 is 5.32 Å². The smallest absolute Gasteiger partial charge is 0.283 e. The topological polar surface area (TPSA) is 76.9 Å². The Balaban J connectivity index is 1.43. The van der Waals surface area contributed by atoms with Gasteiger partial charge in [0.05, 0.1) is 11.9 Å². The number of aryl methyl sites for hydroxylation is 1. The Labute approximate surface area is 185 Å². The molecule has 2 fully saturated rings. The van der Waals surface area contributed by atoms with E-state index in [1.165, 1.54) is 17.5 Å². The van der Waals surface area contributed by atoms with Gasteiger partial charge in [-0.15, -0.1) is 0 Å². The van der Waals surface area contributed by atoms with Crippen LogP contribution in [0.2, 0.25) is 0 Å². The van der Waals surface area contributed by atoms with Crippen molar-refractivity contribution >= 4 is 27.4 Å². The summed E-state index contributed by atoms with van der Waals surface area (Å²) in [7, 11) is 0. The molecule has 4 rings (SSSR count). The van der Waals surface area contributed by atoms with Gasteiger partial charge in [0.15, 0.2) is 5.78 Å². The van der Waals surface area contributed by atoms with Crippen LogP contribution >= 0.6 is 15.9 Å². The minimum absolute atomic E-state index is 0.0148. The molecule has 0 aliphatic heterocycles. The molecule has 1 N–H and O–H groups in total. The van der Waals surface area contributed by atoms with Crippen molar-refractivity contribution < 1.29 is 4.79 Å². The van der Waals surface area contributed by atoms with Crippen molar-refractivity contribution in [2.45, 2.75) is 65.5 Å². The number of Topliss-reactive ketones (excluding diaryl/α,β-unsaturated/α-hetero) is 1. The third-order valence-corrected chi connectivity index (χ3v) is 8.64. The molecule has 0 aromatic carbocycles. The highest BCUT2D eigenvalue weighted by molar-refractivity contribution is 9.10. The number of nitrogens with zero attached hydrogens (tertiary/aromatic N) is 3. The average Bonchev–Trinajstić information content (AvgIpc) is 3.06. The highest BCUT2D eigenvalue weighted by atomic mass is 79.9. The number of hydrogen-bond acceptors (Lipinski definition) is 5. The molecule has 2 aromatic rings. The molecular formula is C23H29BrN4O2. The van der Waals surface area contributed by atoms with Crippen LogP contribution < -0.4 is 10.9 Å². The fraction of sp³-hybridized carbons (Fsp3) is 0.565. The highest BCUT2D eigenvalue weighted by Gasteiger charge is 2.61. The lowest BCUT2D eigenvalue weighted by Crippen LogP contribution is -2.40. The molecule has 2 bridgehead atoms. The number of carbonyl (C=O) groups is 1. The molecule has 160 valence electrons. The molecule has 0 radical (unpaired) electrons. The Morgan fingerprint density at radius 1 is 1.30 bits per heavy atom. The van der Waals surface area contributed by atoms with Crippen LogP contribution in [0, 0.1) is 16.7 Å². The number of fused-ring (bicyclic) bond motifs is 2. The summed E-state index contributed by atoms with van der Waals surface area (Å²) in [6.07, 6.45) is 9.71. The van der Waals surface area contributed by atoms with E-state index in [-0.39, 0.29) is 23.3 Å². The van der Waals surface area contributed by atoms with Gasteiger partial charge in [0, 0.05) is 24.9 Å². The van der Waals surface area contributed by atoms with E-state index in [1.807, 2.05) is 12.1 Å². The molecule has 30 heavy (non-hydrogen) atoms. The maximum atomic E-state index is 12.8. The number of halogens is 1. The van der Waals surface area contributed by atoms with Gasteiger partial charge in [-0.2, -0.15) is 5.10 Å². The van der Waals surface area contributed by atoms with Crippen molar-refractivity contribution in [3.63, 3.8) is 0 Å². The summed E-state index contributed by atoms with van der Waals surface area (Å²) in [6, 6.07) is 4.11. The van der Waals surface area contributed by atoms with Gasteiger partial charge in [0.25, 0.3) is 5.56 Å². The summed E-state index contributed by atoms with van der Waals surface area (Å²) < 4.78 is 1.69. The fourth-order valence-corrected chi connectivity index (χ4v) is 5.79. The van der Waals surface area contributed by atoms with Gasteiger partial charge in [0.2, 0.25) is 0 Å². The number of hydrogen-bond donors (Lipinski definition) is 1. The van der Waals surface area contributed by atoms with E-state index in [9.17, 15) is 9.59 Å². The number of carbonyl (C=O) groups excluding carboxylic acids is 1. The first kappa shape index (κ1) is 21.2. The molecule has 2 saturated carbocycles. The number of rotatable bonds is 7. The Hall–Kier alpha value is -2.02. The first-order valence-corrected chi connectivity index (χ1v) is 11.4. The Bertz CT molecular complexity index is 1000. The van der Waals surface area contributed by atoms with Gasteiger partial charge in [-0.1, -0.05) is 20.8 Å². The van der Waals surface area contributed by atoms with E-state index in [2.05, 4.69) is 52.1 Å². The zero-order chi connectivity index (χ0) is 21.5. The average molecular weight is 473 g/mol. The molecule has 3 unspecified atom stereocenters. The molecular weight excluding hydrogens is 444 g/mol. The zero-order valence-electron chi connectivity index (χ0n) is 17.8. The molecule has 0 amide bonds. The van der Waals surface area contributed by atoms with Crippen molar-refractivity contribution in [1.82, 2.24) is 14.8 Å². The monoisotopic (exact) mass is 472 g/mol. The number of aromatic nitrogens is 3. The second kappa shape index (κ2) is 7.91. The predicted octanol–water partition coefficient (Wildman–Crippen LogP) is 4.23. The SMILES string of the molecule is CC1(C)C2CCC1(C)C(Nc1cnn(CC(=O)CCc3ccncc3)c(=O)c1Br)C2. The van der Waals surface area contributed by atoms with Gasteiger partial charge in [-0.3, -0.25) is 14.6 Å². The largest absolute Gasteiger partial charge is 0.379 e. The summed E-state index contributed by atoms with van der Waals surface area (Å²) >= 11 is 3.45. The van der Waals surface area contributed by atoms with Crippen molar-refractivity contribution in [3.8, 4) is 0 Å². The lowest BCUT2D eigenvalue weighted by atomic mass is 9.69. The van der Waals surface area contributed by atoms with Gasteiger partial charge in [-0.25, -0.2) is 4.68 Å². The standard InChI is InChI=1S/C23H29BrN4O2/c1-22(2)16-6-9-23(22,3)19(12-16)27-18-13-26-28(21(30)20(18)24)14-17(29)5-4-15-7-10-25-11-8-15/h7-8,10-11,13,16,19,27H,4-6,9,12,14H2,1-3H3. The quantitative estimate of drug-likeness (QED) is 0.652. The number of nitrogens with one attached hydrogen (secondary N) is 1. The number of anilines is 1. The third-order valence-electron chi connectivity index (χ3n) is 7.88. The molecule has 2 aliphatic carbocycles. The molecule has 3 atom stereocenters. The molecule has 2 aliphatic rings. The van der Waals surface area contributed by atoms with E-state index in [0.717, 1.165) is 17.7 Å². The Morgan fingerprint density at radius 2 is 2.03 bits per heavy atom. The van der Waals surface area contributed by atoms with Crippen LogP contribution in [0.5, 0.6) is 0 Å². The molecule has 6 nitrogen and oxygen atoms in total.